The van der Waals surface area contributed by atoms with E-state index >= 15 is 0 Å². The lowest BCUT2D eigenvalue weighted by atomic mass is 10.0. The molecule has 2 aliphatic rings. The number of β-lactam (4-membered cyclic amide) rings is 1. The molecule has 228 valence electrons. The maximum absolute atomic E-state index is 13.6. The summed E-state index contributed by atoms with van der Waals surface area (Å²) >= 11 is 2.04. The number of nitrogens with one attached hydrogen (secondary N) is 2. The minimum absolute atomic E-state index is 0.0113. The van der Waals surface area contributed by atoms with Crippen molar-refractivity contribution in [1.82, 2.24) is 20.5 Å². The Bertz CT molecular complexity index is 1610. The number of aromatic hydroxyl groups is 2. The Morgan fingerprint density at radius 2 is 1.95 bits per heavy atom. The Labute approximate surface area is 249 Å². The standard InChI is InChI=1S/C24H23FN6O10S2/c1-24(2,22(39)40)41-30-13(11-7-43-23(26)28-11)18(35)29-14-19(36)31-15(21(37)38)8(6-42-20(14)31)5-27-17(34)10-3-9(25)4-12(32)16(10)33/h3-4,7,14,20,32-33H,5-6H2,1-2H3,(H2,26,28)(H,27,34)(H,29,35)(H,37,38)(H,39,40)/b30-13-/t14?,20-/m1/s1. The van der Waals surface area contributed by atoms with Crippen LogP contribution in [0.1, 0.15) is 29.9 Å². The van der Waals surface area contributed by atoms with Gasteiger partial charge in [-0.05, 0) is 25.5 Å². The van der Waals surface area contributed by atoms with Gasteiger partial charge in [0.1, 0.15) is 28.6 Å². The van der Waals surface area contributed by atoms with Crippen molar-refractivity contribution in [2.45, 2.75) is 30.9 Å². The van der Waals surface area contributed by atoms with E-state index in [1.54, 1.807) is 0 Å². The van der Waals surface area contributed by atoms with Crippen molar-refractivity contribution in [3.8, 4) is 11.5 Å². The van der Waals surface area contributed by atoms with Crippen LogP contribution in [-0.4, -0.2) is 95.0 Å². The number of thioether (sulfide) groups is 1. The predicted molar refractivity (Wildman–Crippen MR) is 148 cm³/mol. The van der Waals surface area contributed by atoms with Crippen molar-refractivity contribution in [3.05, 3.63) is 45.9 Å². The molecule has 0 saturated carbocycles. The number of anilines is 1. The molecular weight excluding hydrogens is 615 g/mol. The fourth-order valence-corrected chi connectivity index (χ4v) is 5.76. The number of aromatic nitrogens is 1. The average Bonchev–Trinajstić information content (AvgIpc) is 3.37. The molecule has 1 aromatic heterocycles. The minimum atomic E-state index is -1.82. The predicted octanol–water partition coefficient (Wildman–Crippen LogP) is 0.0281. The summed E-state index contributed by atoms with van der Waals surface area (Å²) in [7, 11) is 0. The third kappa shape index (κ3) is 6.16. The number of aliphatic carboxylic acids is 2. The number of fused-ring (bicyclic) bond motifs is 1. The van der Waals surface area contributed by atoms with Crippen molar-refractivity contribution in [2.75, 3.05) is 18.0 Å². The van der Waals surface area contributed by atoms with Crippen LogP contribution in [-0.2, 0) is 24.0 Å². The van der Waals surface area contributed by atoms with Gasteiger partial charge in [-0.25, -0.2) is 19.0 Å². The topological polar surface area (TPSA) is 254 Å². The molecule has 2 aliphatic heterocycles. The van der Waals surface area contributed by atoms with Crippen LogP contribution in [0, 0.1) is 5.82 Å². The molecule has 3 amide bonds. The number of hydrogen-bond acceptors (Lipinski definition) is 13. The summed E-state index contributed by atoms with van der Waals surface area (Å²) in [5, 5.41) is 47.6. The maximum Gasteiger partial charge on any atom is 0.352 e. The molecule has 2 atom stereocenters. The number of benzene rings is 1. The number of carbonyl (C=O) groups is 5. The number of phenolic OH excluding ortho intramolecular Hbond substituents is 2. The van der Waals surface area contributed by atoms with Gasteiger partial charge in [0.25, 0.3) is 17.7 Å². The van der Waals surface area contributed by atoms with Gasteiger partial charge in [0.2, 0.25) is 5.60 Å². The highest BCUT2D eigenvalue weighted by Gasteiger charge is 2.54. The van der Waals surface area contributed by atoms with Crippen LogP contribution in [0.5, 0.6) is 11.5 Å². The number of amides is 3. The van der Waals surface area contributed by atoms with E-state index in [0.29, 0.717) is 12.1 Å². The zero-order valence-corrected chi connectivity index (χ0v) is 23.8. The van der Waals surface area contributed by atoms with Gasteiger partial charge in [-0.1, -0.05) is 5.16 Å². The van der Waals surface area contributed by atoms with Crippen LogP contribution in [0.2, 0.25) is 0 Å². The van der Waals surface area contributed by atoms with E-state index < -0.39 is 87.5 Å². The molecule has 1 unspecified atom stereocenters. The number of rotatable bonds is 10. The van der Waals surface area contributed by atoms with E-state index in [1.807, 2.05) is 0 Å². The van der Waals surface area contributed by atoms with Crippen LogP contribution < -0.4 is 16.4 Å². The van der Waals surface area contributed by atoms with Gasteiger partial charge in [-0.15, -0.1) is 23.1 Å². The number of phenols is 2. The van der Waals surface area contributed by atoms with E-state index in [0.717, 1.165) is 28.0 Å². The number of nitrogens with zero attached hydrogens (tertiary/aromatic N) is 3. The second-order valence-corrected chi connectivity index (χ2v) is 11.5. The largest absolute Gasteiger partial charge is 0.504 e. The Morgan fingerprint density at radius 3 is 2.56 bits per heavy atom. The van der Waals surface area contributed by atoms with Crippen LogP contribution in [0.4, 0.5) is 9.52 Å². The van der Waals surface area contributed by atoms with Gasteiger partial charge in [-0.2, -0.15) is 0 Å². The first-order valence-corrected chi connectivity index (χ1v) is 14.0. The molecule has 2 aromatic rings. The summed E-state index contributed by atoms with van der Waals surface area (Å²) in [6.45, 7) is 1.98. The highest BCUT2D eigenvalue weighted by molar-refractivity contribution is 8.00. The lowest BCUT2D eigenvalue weighted by molar-refractivity contribution is -0.161. The molecular formula is C24H23FN6O10S2. The molecule has 0 spiro atoms. The average molecular weight is 639 g/mol. The summed E-state index contributed by atoms with van der Waals surface area (Å²) in [4.78, 5) is 72.2. The second-order valence-electron chi connectivity index (χ2n) is 9.54. The summed E-state index contributed by atoms with van der Waals surface area (Å²) < 4.78 is 13.6. The Hall–Kier alpha value is -4.91. The number of hydrogen-bond donors (Lipinski definition) is 7. The first-order valence-electron chi connectivity index (χ1n) is 12.0. The lowest BCUT2D eigenvalue weighted by Crippen LogP contribution is -2.71. The smallest absolute Gasteiger partial charge is 0.352 e. The molecule has 1 saturated heterocycles. The van der Waals surface area contributed by atoms with Crippen LogP contribution >= 0.6 is 23.1 Å². The number of carbonyl (C=O) groups excluding carboxylic acids is 3. The number of nitrogens with two attached hydrogens (primary N) is 1. The number of carboxylic acids is 2. The van der Waals surface area contributed by atoms with E-state index in [1.165, 1.54) is 19.2 Å². The fraction of sp³-hybridized carbons (Fsp3) is 0.292. The van der Waals surface area contributed by atoms with Gasteiger partial charge in [-0.3, -0.25) is 19.3 Å². The SMILES string of the molecule is CC(C)(O/N=C(\C(=O)NC1C(=O)N2C(C(=O)O)=C(CNC(=O)c3cc(F)cc(O)c3O)CS[C@H]12)c1csc(N)n1)C(=O)O. The Balaban J connectivity index is 1.51. The molecule has 19 heteroatoms. The van der Waals surface area contributed by atoms with Crippen molar-refractivity contribution in [1.29, 1.82) is 0 Å². The van der Waals surface area contributed by atoms with E-state index in [2.05, 4.69) is 20.8 Å². The van der Waals surface area contributed by atoms with Crippen molar-refractivity contribution >= 4 is 63.6 Å². The first kappa shape index (κ1) is 31.0. The number of oxime groups is 1. The van der Waals surface area contributed by atoms with E-state index in [4.69, 9.17) is 10.6 Å². The highest BCUT2D eigenvalue weighted by atomic mass is 32.2. The third-order valence-electron chi connectivity index (χ3n) is 6.16. The zero-order valence-electron chi connectivity index (χ0n) is 22.2. The van der Waals surface area contributed by atoms with Crippen molar-refractivity contribution in [3.63, 3.8) is 0 Å². The first-order chi connectivity index (χ1) is 20.1. The summed E-state index contributed by atoms with van der Waals surface area (Å²) in [6, 6.07) is 0.0639. The van der Waals surface area contributed by atoms with Crippen LogP contribution in [0.25, 0.3) is 0 Å². The number of carboxylic acid groups (broad SMARTS) is 2. The summed E-state index contributed by atoms with van der Waals surface area (Å²) in [5.41, 5.74) is 2.36. The summed E-state index contributed by atoms with van der Waals surface area (Å²) in [6.07, 6.45) is 0. The van der Waals surface area contributed by atoms with E-state index in [-0.39, 0.29) is 22.2 Å². The lowest BCUT2D eigenvalue weighted by Gasteiger charge is -2.49. The quantitative estimate of drug-likeness (QED) is 0.0786. The van der Waals surface area contributed by atoms with Crippen LogP contribution in [0.15, 0.2) is 33.9 Å². The molecule has 0 radical (unpaired) electrons. The monoisotopic (exact) mass is 638 g/mol. The molecule has 0 bridgehead atoms. The van der Waals surface area contributed by atoms with Gasteiger partial charge >= 0.3 is 11.9 Å². The zero-order chi connectivity index (χ0) is 31.8. The Kier molecular flexibility index (Phi) is 8.49. The van der Waals surface area contributed by atoms with E-state index in [9.17, 15) is 48.8 Å². The minimum Gasteiger partial charge on any atom is -0.504 e. The number of halogens is 1. The van der Waals surface area contributed by atoms with Gasteiger partial charge in [0.15, 0.2) is 22.3 Å². The normalized spacial score (nSPS) is 18.4. The number of thiazole rings is 1. The molecule has 8 N–H and O–H groups in total. The third-order valence-corrected chi connectivity index (χ3v) is 8.17. The highest BCUT2D eigenvalue weighted by Crippen LogP contribution is 2.40. The second kappa shape index (κ2) is 11.8. The molecule has 1 fully saturated rings. The van der Waals surface area contributed by atoms with Gasteiger partial charge in [0, 0.05) is 23.7 Å². The van der Waals surface area contributed by atoms with Gasteiger partial charge in [0.05, 0.1) is 5.56 Å². The molecule has 43 heavy (non-hydrogen) atoms. The van der Waals surface area contributed by atoms with Gasteiger partial charge < -0.3 is 41.6 Å². The molecule has 0 aliphatic carbocycles. The van der Waals surface area contributed by atoms with Crippen LogP contribution in [0.3, 0.4) is 0 Å². The van der Waals surface area contributed by atoms with Crippen molar-refractivity contribution < 1.29 is 53.6 Å². The fourth-order valence-electron chi connectivity index (χ4n) is 3.87. The Morgan fingerprint density at radius 1 is 1.26 bits per heavy atom. The molecule has 16 nitrogen and oxygen atoms in total. The summed E-state index contributed by atoms with van der Waals surface area (Å²) in [5.74, 6) is -8.40. The number of nitrogen functional groups attached to an aromatic ring is 1. The maximum atomic E-state index is 13.6. The molecule has 1 aromatic carbocycles. The molecule has 3 heterocycles. The molecule has 4 rings (SSSR count). The van der Waals surface area contributed by atoms with Crippen molar-refractivity contribution in [2.24, 2.45) is 5.16 Å².